The molecule has 3 aromatic heterocycles. The quantitative estimate of drug-likeness (QED) is 0.0428. The number of aryl methyl sites for hydroxylation is 1. The zero-order chi connectivity index (χ0) is 81.1. The number of benzene rings is 11. The summed E-state index contributed by atoms with van der Waals surface area (Å²) in [5, 5.41) is 38.3. The van der Waals surface area contributed by atoms with Crippen molar-refractivity contribution in [1.82, 2.24) is 9.13 Å². The van der Waals surface area contributed by atoms with Gasteiger partial charge in [0.05, 0.1) is 61.8 Å². The van der Waals surface area contributed by atoms with Crippen LogP contribution in [0.3, 0.4) is 0 Å². The Balaban J connectivity index is 0.000000117. The number of ether oxygens (including phenoxy) is 2. The van der Waals surface area contributed by atoms with Gasteiger partial charge in [0.15, 0.2) is 34.7 Å². The number of Topliss-reactive ketones (excluding diaryl/α,β-unsaturated/α-hetero) is 2. The lowest BCUT2D eigenvalue weighted by molar-refractivity contribution is -0.0548. The number of fused-ring (bicyclic) bond motifs is 18. The lowest BCUT2D eigenvalue weighted by Crippen LogP contribution is -2.25. The highest BCUT2D eigenvalue weighted by Crippen LogP contribution is 2.43. The summed E-state index contributed by atoms with van der Waals surface area (Å²) in [5.74, 6) is -3.48. The van der Waals surface area contributed by atoms with Gasteiger partial charge in [-0.1, -0.05) is 224 Å². The van der Waals surface area contributed by atoms with Crippen LogP contribution in [-0.2, 0) is 43.8 Å². The average Bonchev–Trinajstić information content (AvgIpc) is 1.59. The van der Waals surface area contributed by atoms with Crippen molar-refractivity contribution >= 4 is 89.3 Å². The summed E-state index contributed by atoms with van der Waals surface area (Å²) >= 11 is 0. The monoisotopic (exact) mass is 1550 g/mol. The molecule has 0 saturated heterocycles. The number of ketones is 5. The molecular weight excluding hydrogens is 1490 g/mol. The number of esters is 2. The maximum absolute atomic E-state index is 13.3. The summed E-state index contributed by atoms with van der Waals surface area (Å²) < 4.78 is 47.8. The Morgan fingerprint density at radius 2 is 0.852 bits per heavy atom. The van der Waals surface area contributed by atoms with Crippen LogP contribution >= 0.6 is 0 Å². The van der Waals surface area contributed by atoms with Crippen molar-refractivity contribution in [3.63, 3.8) is 0 Å². The van der Waals surface area contributed by atoms with Gasteiger partial charge in [0.1, 0.15) is 26.0 Å². The molecule has 0 spiro atoms. The largest absolute Gasteiger partial charge is 0.478 e. The van der Waals surface area contributed by atoms with Gasteiger partial charge >= 0.3 is 23.5 Å². The summed E-state index contributed by atoms with van der Waals surface area (Å²) in [7, 11) is -4.10. The van der Waals surface area contributed by atoms with Crippen molar-refractivity contribution in [3.05, 3.63) is 381 Å². The molecule has 1 unspecified atom stereocenters. The van der Waals surface area contributed by atoms with Crippen LogP contribution in [0.4, 0.5) is 0 Å². The second-order valence-corrected chi connectivity index (χ2v) is 27.9. The Morgan fingerprint density at radius 1 is 0.452 bits per heavy atom. The van der Waals surface area contributed by atoms with E-state index in [9.17, 15) is 71.4 Å². The molecule has 14 aromatic rings. The molecule has 11 aromatic carbocycles. The SMILES string of the molecule is Cc1ccc(S(=O)(=O)OCn2c3c(c4ccccc4c2=O)C(=O)c2ccccc2-3)cc1.NCO.O=C(O)c1ccccc1C1C(=O)c2ccccc2C1=O.O=C1OC(O)c2ccccc21.O=C1OCc2ccccc21.O=C1c2ccccc2-c2c1c1ccccc1c(=O)n2CO.O=C1c2ccccc2-c2oc(=O)c3ccccc3c21. The van der Waals surface area contributed by atoms with E-state index in [0.717, 1.165) is 11.1 Å². The van der Waals surface area contributed by atoms with E-state index < -0.39 is 58.9 Å². The maximum atomic E-state index is 13.3. The Morgan fingerprint density at radius 3 is 1.37 bits per heavy atom. The first-order valence-corrected chi connectivity index (χ1v) is 36.9. The minimum atomic E-state index is -4.10. The number of pyridine rings is 2. The lowest BCUT2D eigenvalue weighted by Gasteiger charge is -2.15. The van der Waals surface area contributed by atoms with E-state index in [1.165, 1.54) is 33.4 Å². The van der Waals surface area contributed by atoms with Gasteiger partial charge in [-0.2, -0.15) is 8.42 Å². The number of carbonyl (C=O) groups is 8. The number of hydrogen-bond acceptors (Lipinski definition) is 21. The highest BCUT2D eigenvalue weighted by Gasteiger charge is 2.42. The first kappa shape index (κ1) is 77.3. The molecule has 2 aliphatic heterocycles. The van der Waals surface area contributed by atoms with E-state index >= 15 is 0 Å². The summed E-state index contributed by atoms with van der Waals surface area (Å²) in [5.41, 5.74) is 13.8. The normalized spacial score (nSPS) is 13.7. The minimum absolute atomic E-state index is 0.0000556. The molecule has 24 nitrogen and oxygen atoms in total. The highest BCUT2D eigenvalue weighted by atomic mass is 32.2. The Bertz CT molecular complexity index is 6680. The second-order valence-electron chi connectivity index (χ2n) is 26.3. The zero-order valence-electron chi connectivity index (χ0n) is 60.5. The number of carboxylic acid groups (broad SMARTS) is 1. The molecule has 5 heterocycles. The van der Waals surface area contributed by atoms with E-state index in [4.69, 9.17) is 23.6 Å². The van der Waals surface area contributed by atoms with E-state index in [1.807, 2.05) is 55.5 Å². The summed E-state index contributed by atoms with van der Waals surface area (Å²) in [6.45, 7) is 1.05. The number of aliphatic hydroxyl groups excluding tert-OH is 3. The lowest BCUT2D eigenvalue weighted by atomic mass is 9.90. The number of carbonyl (C=O) groups excluding carboxylic acids is 7. The number of aromatic carboxylic acids is 1. The smallest absolute Gasteiger partial charge is 0.344 e. The highest BCUT2D eigenvalue weighted by molar-refractivity contribution is 7.86. The molecule has 1 atom stereocenters. The van der Waals surface area contributed by atoms with Crippen LogP contribution < -0.4 is 22.5 Å². The third-order valence-electron chi connectivity index (χ3n) is 19.7. The Kier molecular flexibility index (Phi) is 21.8. The van der Waals surface area contributed by atoms with Crippen molar-refractivity contribution in [2.45, 2.75) is 44.1 Å². The molecule has 570 valence electrons. The molecule has 0 amide bonds. The standard InChI is InChI=1S/C24H17NO5S.C17H11NO3.C16H10O4.C16H8O3.C8H6O3.C8H6O2.CH5NO/c1-15-10-12-16(13-11-15)31(28,29)30-14-25-22-18-7-3-4-8-19(18)23(26)21(22)17-6-2-5-9-20(17)24(25)27;19-9-18-15-11-6-2-3-7-12(11)16(20)14(15)10-5-1-4-8-13(10)17(18)21;17-14-10-6-2-3-7-11(10)15(18)13(14)9-5-1-4-8-12(9)16(19)20;17-14-10-6-2-3-7-11(10)15-13(14)9-5-1-4-8-12(9)16(18)19-15;9-7-5-3-1-2-4-6(5)8(10)11-7;9-8-7-4-2-1-3-6(7)5-10-8;2-1-3/h2-13H,14H2,1H3;1-8,19H,9H2;1-8,13H,(H,19,20);1-8H;1-4,7,9H;1-4H,5H2;3H,1-2H2. The first-order chi connectivity index (χ1) is 55.6. The van der Waals surface area contributed by atoms with E-state index in [0.29, 0.717) is 134 Å². The van der Waals surface area contributed by atoms with Crippen LogP contribution in [0.25, 0.3) is 66.2 Å². The van der Waals surface area contributed by atoms with Crippen LogP contribution in [0, 0.1) is 6.92 Å². The van der Waals surface area contributed by atoms with Crippen molar-refractivity contribution in [3.8, 4) is 33.8 Å². The van der Waals surface area contributed by atoms with Crippen LogP contribution in [0.15, 0.2) is 291 Å². The topological polar surface area (TPSA) is 380 Å². The molecule has 20 rings (SSSR count). The second kappa shape index (κ2) is 32.5. The van der Waals surface area contributed by atoms with Crippen molar-refractivity contribution in [2.24, 2.45) is 5.73 Å². The van der Waals surface area contributed by atoms with Gasteiger partial charge in [0.25, 0.3) is 21.2 Å². The van der Waals surface area contributed by atoms with Gasteiger partial charge in [0, 0.05) is 82.6 Å². The number of cyclic esters (lactones) is 2. The number of aromatic nitrogens is 2. The molecular formula is C90H63N3O21S. The Labute approximate surface area is 652 Å². The predicted molar refractivity (Wildman–Crippen MR) is 422 cm³/mol. The number of nitrogens with zero attached hydrogens (tertiary/aromatic N) is 2. The van der Waals surface area contributed by atoms with Gasteiger partial charge in [-0.25, -0.2) is 23.4 Å². The molecule has 6 aliphatic rings. The zero-order valence-corrected chi connectivity index (χ0v) is 61.3. The Hall–Kier alpha value is -14.4. The third-order valence-corrected chi connectivity index (χ3v) is 20.9. The van der Waals surface area contributed by atoms with Crippen LogP contribution in [-0.4, -0.2) is 91.5 Å². The summed E-state index contributed by atoms with van der Waals surface area (Å²) in [6.07, 6.45) is -1.07. The van der Waals surface area contributed by atoms with Gasteiger partial charge in [-0.3, -0.25) is 42.7 Å². The van der Waals surface area contributed by atoms with Crippen molar-refractivity contribution < 1.29 is 85.3 Å². The number of hydrogen-bond donors (Lipinski definition) is 5. The van der Waals surface area contributed by atoms with Gasteiger partial charge in [-0.05, 0) is 61.0 Å². The molecule has 0 radical (unpaired) electrons. The fourth-order valence-electron chi connectivity index (χ4n) is 14.4. The number of aliphatic hydroxyl groups is 3. The number of rotatable bonds is 7. The summed E-state index contributed by atoms with van der Waals surface area (Å²) in [6, 6.07) is 75.4. The van der Waals surface area contributed by atoms with Crippen molar-refractivity contribution in [1.29, 1.82) is 0 Å². The van der Waals surface area contributed by atoms with Crippen LogP contribution in [0.1, 0.15) is 134 Å². The minimum Gasteiger partial charge on any atom is -0.478 e. The fourth-order valence-corrected chi connectivity index (χ4v) is 15.3. The maximum Gasteiger partial charge on any atom is 0.344 e. The molecule has 25 heteroatoms. The molecule has 0 bridgehead atoms. The van der Waals surface area contributed by atoms with Crippen molar-refractivity contribution in [2.75, 3.05) is 6.73 Å². The van der Waals surface area contributed by atoms with E-state index in [2.05, 4.69) is 10.5 Å². The van der Waals surface area contributed by atoms with Crippen LogP contribution in [0.2, 0.25) is 0 Å². The molecule has 115 heavy (non-hydrogen) atoms. The van der Waals surface area contributed by atoms with E-state index in [-0.39, 0.29) is 63.2 Å². The van der Waals surface area contributed by atoms with Gasteiger partial charge < -0.3 is 40.1 Å². The van der Waals surface area contributed by atoms with Gasteiger partial charge in [-0.15, -0.1) is 0 Å². The molecule has 0 saturated carbocycles. The molecule has 6 N–H and O–H groups in total. The van der Waals surface area contributed by atoms with Gasteiger partial charge in [0.2, 0.25) is 6.29 Å². The third kappa shape index (κ3) is 14.4. The summed E-state index contributed by atoms with van der Waals surface area (Å²) in [4.78, 5) is 134. The van der Waals surface area contributed by atoms with E-state index in [1.54, 1.807) is 194 Å². The first-order valence-electron chi connectivity index (χ1n) is 35.5. The number of nitrogens with two attached hydrogens (primary N) is 1. The molecule has 4 aliphatic carbocycles. The average molecular weight is 1550 g/mol. The predicted octanol–water partition coefficient (Wildman–Crippen LogP) is 12.7. The van der Waals surface area contributed by atoms with Crippen LogP contribution in [0.5, 0.6) is 0 Å². The fraction of sp³-hybridized carbons (Fsp3) is 0.0778. The number of carboxylic acids is 1. The molecule has 0 fully saturated rings.